The van der Waals surface area contributed by atoms with Crippen LogP contribution in [0.4, 0.5) is 0 Å². The number of aromatic nitrogens is 3. The van der Waals surface area contributed by atoms with E-state index in [1.165, 1.54) is 0 Å². The summed E-state index contributed by atoms with van der Waals surface area (Å²) in [5, 5.41) is 14.6. The smallest absolute Gasteiger partial charge is 0.241 e. The Morgan fingerprint density at radius 1 is 1.38 bits per heavy atom. The molecule has 0 spiro atoms. The number of hydrogen-bond donors (Lipinski definition) is 2. The van der Waals surface area contributed by atoms with Gasteiger partial charge in [-0.2, -0.15) is 0 Å². The van der Waals surface area contributed by atoms with E-state index in [0.717, 1.165) is 24.3 Å². The van der Waals surface area contributed by atoms with E-state index < -0.39 is 0 Å². The largest absolute Gasteiger partial charge is 0.354 e. The Morgan fingerprint density at radius 2 is 2.17 bits per heavy atom. The van der Waals surface area contributed by atoms with E-state index in [2.05, 4.69) is 25.8 Å². The summed E-state index contributed by atoms with van der Waals surface area (Å²) in [5.41, 5.74) is 0.796. The van der Waals surface area contributed by atoms with Gasteiger partial charge in [-0.25, -0.2) is 4.99 Å². The quantitative estimate of drug-likeness (QED) is 0.403. The average Bonchev–Trinajstić information content (AvgIpc) is 3.27. The van der Waals surface area contributed by atoms with Crippen molar-refractivity contribution in [2.45, 2.75) is 25.4 Å². The van der Waals surface area contributed by atoms with E-state index >= 15 is 0 Å². The van der Waals surface area contributed by atoms with Gasteiger partial charge in [-0.05, 0) is 25.0 Å². The molecule has 0 aromatic carbocycles. The standard InChI is InChI=1S/C15H21N7O.HI/c1-21(2)14(23)10-17-15(18-11-6-7-11)16-9-13-20-19-12-5-3-4-8-22(12)13;/h3-5,8,11H,6-7,9-10H2,1-2H3,(H2,16,17,18);1H. The highest BCUT2D eigenvalue weighted by molar-refractivity contribution is 14.0. The molecule has 9 heteroatoms. The zero-order valence-electron chi connectivity index (χ0n) is 13.8. The SMILES string of the molecule is CN(C)C(=O)CNC(=NCc1nnc2ccccn12)NC1CC1.I. The van der Waals surface area contributed by atoms with Crippen LogP contribution in [0.1, 0.15) is 18.7 Å². The first-order valence-corrected chi connectivity index (χ1v) is 7.67. The average molecular weight is 443 g/mol. The molecule has 1 aliphatic rings. The third kappa shape index (κ3) is 4.79. The summed E-state index contributed by atoms with van der Waals surface area (Å²) < 4.78 is 1.91. The van der Waals surface area contributed by atoms with Gasteiger partial charge in [0.2, 0.25) is 5.91 Å². The number of carbonyl (C=O) groups excluding carboxylic acids is 1. The molecule has 2 heterocycles. The lowest BCUT2D eigenvalue weighted by Crippen LogP contribution is -2.43. The van der Waals surface area contributed by atoms with Crippen LogP contribution in [0.25, 0.3) is 5.65 Å². The number of guanidine groups is 1. The van der Waals surface area contributed by atoms with Crippen molar-refractivity contribution in [2.24, 2.45) is 4.99 Å². The molecule has 0 atom stereocenters. The van der Waals surface area contributed by atoms with Gasteiger partial charge in [0.25, 0.3) is 0 Å². The van der Waals surface area contributed by atoms with Crippen LogP contribution in [-0.4, -0.2) is 58.0 Å². The van der Waals surface area contributed by atoms with Crippen LogP contribution in [0, 0.1) is 0 Å². The Balaban J connectivity index is 0.00000208. The molecule has 1 fully saturated rings. The van der Waals surface area contributed by atoms with Crippen LogP contribution >= 0.6 is 24.0 Å². The van der Waals surface area contributed by atoms with E-state index in [4.69, 9.17) is 0 Å². The summed E-state index contributed by atoms with van der Waals surface area (Å²) in [6.07, 6.45) is 4.18. The van der Waals surface area contributed by atoms with Crippen molar-refractivity contribution >= 4 is 41.5 Å². The highest BCUT2D eigenvalue weighted by Crippen LogP contribution is 2.18. The van der Waals surface area contributed by atoms with Crippen molar-refractivity contribution in [2.75, 3.05) is 20.6 Å². The molecule has 0 unspecified atom stereocenters. The number of rotatable bonds is 5. The number of nitrogens with zero attached hydrogens (tertiary/aromatic N) is 5. The molecule has 2 aromatic rings. The molecule has 0 radical (unpaired) electrons. The molecule has 8 nitrogen and oxygen atoms in total. The number of aliphatic imine (C=N–C) groups is 1. The first kappa shape index (κ1) is 18.4. The summed E-state index contributed by atoms with van der Waals surface area (Å²) in [4.78, 5) is 17.8. The molecule has 0 aliphatic heterocycles. The highest BCUT2D eigenvalue weighted by Gasteiger charge is 2.22. The van der Waals surface area contributed by atoms with Gasteiger partial charge in [0, 0.05) is 26.3 Å². The van der Waals surface area contributed by atoms with Gasteiger partial charge in [0.1, 0.15) is 6.54 Å². The van der Waals surface area contributed by atoms with Crippen molar-refractivity contribution in [3.8, 4) is 0 Å². The predicted molar refractivity (Wildman–Crippen MR) is 102 cm³/mol. The summed E-state index contributed by atoms with van der Waals surface area (Å²) in [6, 6.07) is 6.20. The molecule has 1 aliphatic carbocycles. The number of nitrogens with one attached hydrogen (secondary N) is 2. The Bertz CT molecular complexity index is 723. The van der Waals surface area contributed by atoms with Gasteiger partial charge in [-0.3, -0.25) is 9.20 Å². The third-order valence-electron chi connectivity index (χ3n) is 3.59. The Kier molecular flexibility index (Phi) is 6.35. The zero-order chi connectivity index (χ0) is 16.2. The fourth-order valence-corrected chi connectivity index (χ4v) is 2.04. The zero-order valence-corrected chi connectivity index (χ0v) is 16.1. The van der Waals surface area contributed by atoms with Crippen molar-refractivity contribution in [3.05, 3.63) is 30.2 Å². The summed E-state index contributed by atoms with van der Waals surface area (Å²) >= 11 is 0. The maximum absolute atomic E-state index is 11.7. The first-order chi connectivity index (χ1) is 11.1. The molecule has 2 aromatic heterocycles. The van der Waals surface area contributed by atoms with Crippen LogP contribution in [0.2, 0.25) is 0 Å². The van der Waals surface area contributed by atoms with Crippen molar-refractivity contribution in [1.82, 2.24) is 30.1 Å². The van der Waals surface area contributed by atoms with Crippen LogP contribution in [-0.2, 0) is 11.3 Å². The normalized spacial score (nSPS) is 14.2. The fraction of sp³-hybridized carbons (Fsp3) is 0.467. The second-order valence-corrected chi connectivity index (χ2v) is 5.77. The highest BCUT2D eigenvalue weighted by atomic mass is 127. The van der Waals surface area contributed by atoms with Crippen molar-refractivity contribution in [1.29, 1.82) is 0 Å². The van der Waals surface area contributed by atoms with Gasteiger partial charge in [-0.15, -0.1) is 34.2 Å². The lowest BCUT2D eigenvalue weighted by molar-refractivity contribution is -0.127. The Morgan fingerprint density at radius 3 is 2.88 bits per heavy atom. The number of pyridine rings is 1. The lowest BCUT2D eigenvalue weighted by atomic mass is 10.4. The van der Waals surface area contributed by atoms with Crippen molar-refractivity contribution < 1.29 is 4.79 Å². The topological polar surface area (TPSA) is 86.9 Å². The van der Waals surface area contributed by atoms with Crippen LogP contribution < -0.4 is 10.6 Å². The maximum Gasteiger partial charge on any atom is 0.241 e. The minimum Gasteiger partial charge on any atom is -0.354 e. The summed E-state index contributed by atoms with van der Waals surface area (Å²) in [5.74, 6) is 1.40. The van der Waals surface area contributed by atoms with Crippen LogP contribution in [0.3, 0.4) is 0 Å². The van der Waals surface area contributed by atoms with E-state index in [1.807, 2.05) is 28.8 Å². The van der Waals surface area contributed by atoms with Gasteiger partial charge in [0.05, 0.1) is 6.54 Å². The first-order valence-electron chi connectivity index (χ1n) is 7.67. The fourth-order valence-electron chi connectivity index (χ4n) is 2.04. The minimum atomic E-state index is 0. The van der Waals surface area contributed by atoms with Crippen molar-refractivity contribution in [3.63, 3.8) is 0 Å². The van der Waals surface area contributed by atoms with E-state index in [-0.39, 0.29) is 36.4 Å². The number of amides is 1. The number of halogens is 1. The third-order valence-corrected chi connectivity index (χ3v) is 3.59. The molecular weight excluding hydrogens is 421 g/mol. The predicted octanol–water partition coefficient (Wildman–Crippen LogP) is 0.633. The van der Waals surface area contributed by atoms with E-state index in [1.54, 1.807) is 19.0 Å². The molecule has 130 valence electrons. The second kappa shape index (κ2) is 8.27. The monoisotopic (exact) mass is 443 g/mol. The van der Waals surface area contributed by atoms with Gasteiger partial charge in [0.15, 0.2) is 17.4 Å². The van der Waals surface area contributed by atoms with Gasteiger partial charge in [-0.1, -0.05) is 6.07 Å². The molecule has 0 bridgehead atoms. The Hall–Kier alpha value is -1.91. The van der Waals surface area contributed by atoms with Gasteiger partial charge < -0.3 is 15.5 Å². The summed E-state index contributed by atoms with van der Waals surface area (Å²) in [7, 11) is 3.47. The molecule has 24 heavy (non-hydrogen) atoms. The van der Waals surface area contributed by atoms with E-state index in [0.29, 0.717) is 18.5 Å². The molecule has 0 saturated heterocycles. The number of fused-ring (bicyclic) bond motifs is 1. The molecule has 1 saturated carbocycles. The molecule has 1 amide bonds. The van der Waals surface area contributed by atoms with Gasteiger partial charge >= 0.3 is 0 Å². The molecule has 3 rings (SSSR count). The second-order valence-electron chi connectivity index (χ2n) is 5.77. The van der Waals surface area contributed by atoms with E-state index in [9.17, 15) is 4.79 Å². The minimum absolute atomic E-state index is 0. The number of likely N-dealkylation sites (N-methyl/N-ethyl adjacent to an activating group) is 1. The lowest BCUT2D eigenvalue weighted by Gasteiger charge is -2.14. The Labute approximate surface area is 157 Å². The molecule has 2 N–H and O–H groups in total. The summed E-state index contributed by atoms with van der Waals surface area (Å²) in [6.45, 7) is 0.607. The van der Waals surface area contributed by atoms with Crippen LogP contribution in [0.5, 0.6) is 0 Å². The molecular formula is C15H22IN7O. The maximum atomic E-state index is 11.7. The van der Waals surface area contributed by atoms with Crippen LogP contribution in [0.15, 0.2) is 29.4 Å². The number of hydrogen-bond acceptors (Lipinski definition) is 4. The number of carbonyl (C=O) groups is 1.